The summed E-state index contributed by atoms with van der Waals surface area (Å²) in [7, 11) is 0. The van der Waals surface area contributed by atoms with Gasteiger partial charge in [0.05, 0.1) is 0 Å². The van der Waals surface area contributed by atoms with Crippen LogP contribution >= 0.6 is 0 Å². The van der Waals surface area contributed by atoms with Crippen LogP contribution in [0.1, 0.15) is 32.3 Å². The first kappa shape index (κ1) is 18.4. The van der Waals surface area contributed by atoms with Gasteiger partial charge < -0.3 is 10.3 Å². The van der Waals surface area contributed by atoms with Crippen LogP contribution in [0.3, 0.4) is 0 Å². The van der Waals surface area contributed by atoms with Gasteiger partial charge in [0.25, 0.3) is 5.56 Å². The number of fused-ring (bicyclic) bond motifs is 1. The average molecular weight is 353 g/mol. The van der Waals surface area contributed by atoms with Gasteiger partial charge in [-0.25, -0.2) is 0 Å². The summed E-state index contributed by atoms with van der Waals surface area (Å²) in [5.41, 5.74) is 1.09. The first-order chi connectivity index (χ1) is 12.5. The van der Waals surface area contributed by atoms with E-state index in [1.807, 2.05) is 24.3 Å². The van der Waals surface area contributed by atoms with Gasteiger partial charge in [-0.3, -0.25) is 14.5 Å². The molecule has 2 N–H and O–H groups in total. The second-order valence-corrected chi connectivity index (χ2v) is 7.29. The van der Waals surface area contributed by atoms with Crippen molar-refractivity contribution in [3.05, 3.63) is 52.3 Å². The number of para-hydroxylation sites is 1. The third-order valence-electron chi connectivity index (χ3n) is 5.21. The molecule has 3 rings (SSSR count). The molecule has 5 heteroatoms. The molecule has 0 spiro atoms. The highest BCUT2D eigenvalue weighted by Crippen LogP contribution is 2.17. The predicted octanol–water partition coefficient (Wildman–Crippen LogP) is 2.78. The summed E-state index contributed by atoms with van der Waals surface area (Å²) in [6.45, 7) is 7.25. The van der Waals surface area contributed by atoms with Gasteiger partial charge in [0.2, 0.25) is 5.91 Å². The third-order valence-corrected chi connectivity index (χ3v) is 5.21. The number of nitrogens with one attached hydrogen (secondary N) is 2. The van der Waals surface area contributed by atoms with Crippen LogP contribution in [0.25, 0.3) is 17.0 Å². The molecule has 138 valence electrons. The maximum absolute atomic E-state index is 12.1. The standard InChI is InChI=1S/C21H27N3O2/c1-15-9-11-24(12-10-15)16(2)14-22-20(25)8-7-18-13-17-5-3-4-6-19(17)23-21(18)26/h3-8,13,15-16H,9-12,14H2,1-2H3,(H,22,25)(H,23,26)/b8-7+. The molecule has 1 unspecified atom stereocenters. The minimum atomic E-state index is -0.191. The molecular formula is C21H27N3O2. The van der Waals surface area contributed by atoms with Crippen molar-refractivity contribution in [2.75, 3.05) is 19.6 Å². The highest BCUT2D eigenvalue weighted by atomic mass is 16.1. The van der Waals surface area contributed by atoms with Gasteiger partial charge >= 0.3 is 0 Å². The zero-order chi connectivity index (χ0) is 18.5. The Labute approximate surface area is 154 Å². The lowest BCUT2D eigenvalue weighted by Gasteiger charge is -2.34. The van der Waals surface area contributed by atoms with Crippen LogP contribution in [0.2, 0.25) is 0 Å². The van der Waals surface area contributed by atoms with Crippen molar-refractivity contribution in [3.8, 4) is 0 Å². The van der Waals surface area contributed by atoms with Gasteiger partial charge in [-0.15, -0.1) is 0 Å². The van der Waals surface area contributed by atoms with E-state index in [2.05, 4.69) is 29.0 Å². The Bertz CT molecular complexity index is 848. The molecule has 0 bridgehead atoms. The van der Waals surface area contributed by atoms with Crippen LogP contribution in [0.15, 0.2) is 41.2 Å². The van der Waals surface area contributed by atoms with E-state index >= 15 is 0 Å². The summed E-state index contributed by atoms with van der Waals surface area (Å²) in [6.07, 6.45) is 5.46. The monoisotopic (exact) mass is 353 g/mol. The lowest BCUT2D eigenvalue weighted by molar-refractivity contribution is -0.116. The van der Waals surface area contributed by atoms with E-state index in [1.54, 1.807) is 12.1 Å². The normalized spacial score (nSPS) is 17.6. The zero-order valence-electron chi connectivity index (χ0n) is 15.5. The lowest BCUT2D eigenvalue weighted by atomic mass is 9.98. The molecule has 26 heavy (non-hydrogen) atoms. The van der Waals surface area contributed by atoms with E-state index in [4.69, 9.17) is 0 Å². The molecule has 1 saturated heterocycles. The molecule has 1 aromatic heterocycles. The molecule has 1 aliphatic rings. The van der Waals surface area contributed by atoms with Gasteiger partial charge in [0.15, 0.2) is 0 Å². The first-order valence-corrected chi connectivity index (χ1v) is 9.35. The predicted molar refractivity (Wildman–Crippen MR) is 106 cm³/mol. The maximum Gasteiger partial charge on any atom is 0.255 e. The maximum atomic E-state index is 12.1. The number of piperidine rings is 1. The Balaban J connectivity index is 1.56. The number of likely N-dealkylation sites (tertiary alicyclic amines) is 1. The Kier molecular flexibility index (Phi) is 5.89. The van der Waals surface area contributed by atoms with Crippen LogP contribution in [-0.4, -0.2) is 41.5 Å². The number of amides is 1. The molecular weight excluding hydrogens is 326 g/mol. The molecule has 1 amide bonds. The summed E-state index contributed by atoms with van der Waals surface area (Å²) in [6, 6.07) is 9.72. The highest BCUT2D eigenvalue weighted by Gasteiger charge is 2.20. The fraction of sp³-hybridized carbons (Fsp3) is 0.429. The van der Waals surface area contributed by atoms with Crippen LogP contribution in [0, 0.1) is 5.92 Å². The van der Waals surface area contributed by atoms with E-state index < -0.39 is 0 Å². The fourth-order valence-corrected chi connectivity index (χ4v) is 3.36. The average Bonchev–Trinajstić information content (AvgIpc) is 2.65. The summed E-state index contributed by atoms with van der Waals surface area (Å²) < 4.78 is 0. The summed E-state index contributed by atoms with van der Waals surface area (Å²) in [5, 5.41) is 3.88. The van der Waals surface area contributed by atoms with Crippen molar-refractivity contribution in [2.45, 2.75) is 32.7 Å². The Morgan fingerprint density at radius 2 is 2.08 bits per heavy atom. The van der Waals surface area contributed by atoms with Crippen molar-refractivity contribution in [1.29, 1.82) is 0 Å². The number of nitrogens with zero attached hydrogens (tertiary/aromatic N) is 1. The van der Waals surface area contributed by atoms with Gasteiger partial charge in [-0.1, -0.05) is 25.1 Å². The number of benzene rings is 1. The quantitative estimate of drug-likeness (QED) is 0.813. The number of hydrogen-bond donors (Lipinski definition) is 2. The Hall–Kier alpha value is -2.40. The van der Waals surface area contributed by atoms with Crippen LogP contribution in [0.4, 0.5) is 0 Å². The largest absolute Gasteiger partial charge is 0.351 e. The molecule has 2 aromatic rings. The second kappa shape index (κ2) is 8.32. The van der Waals surface area contributed by atoms with Crippen molar-refractivity contribution in [3.63, 3.8) is 0 Å². The molecule has 1 fully saturated rings. The van der Waals surface area contributed by atoms with E-state index in [0.717, 1.165) is 29.9 Å². The molecule has 1 atom stereocenters. The first-order valence-electron chi connectivity index (χ1n) is 9.35. The SMILES string of the molecule is CC1CCN(C(C)CNC(=O)/C=C/c2cc3ccccc3[nH]c2=O)CC1. The number of rotatable bonds is 5. The molecule has 1 aliphatic heterocycles. The van der Waals surface area contributed by atoms with E-state index in [1.165, 1.54) is 18.9 Å². The van der Waals surface area contributed by atoms with Gasteiger partial charge in [0, 0.05) is 29.7 Å². The van der Waals surface area contributed by atoms with Gasteiger partial charge in [-0.05, 0) is 62.4 Å². The van der Waals surface area contributed by atoms with E-state index in [-0.39, 0.29) is 11.5 Å². The van der Waals surface area contributed by atoms with Crippen molar-refractivity contribution >= 4 is 22.9 Å². The topological polar surface area (TPSA) is 65.2 Å². The van der Waals surface area contributed by atoms with Crippen molar-refractivity contribution in [1.82, 2.24) is 15.2 Å². The molecule has 0 aliphatic carbocycles. The van der Waals surface area contributed by atoms with E-state index in [0.29, 0.717) is 18.2 Å². The molecule has 0 radical (unpaired) electrons. The molecule has 0 saturated carbocycles. The lowest BCUT2D eigenvalue weighted by Crippen LogP contribution is -2.45. The number of pyridine rings is 1. The summed E-state index contributed by atoms with van der Waals surface area (Å²) in [4.78, 5) is 29.5. The number of hydrogen-bond acceptors (Lipinski definition) is 3. The van der Waals surface area contributed by atoms with Crippen molar-refractivity contribution < 1.29 is 4.79 Å². The molecule has 2 heterocycles. The van der Waals surface area contributed by atoms with Crippen LogP contribution < -0.4 is 10.9 Å². The summed E-state index contributed by atoms with van der Waals surface area (Å²) in [5.74, 6) is 0.630. The minimum Gasteiger partial charge on any atom is -0.351 e. The summed E-state index contributed by atoms with van der Waals surface area (Å²) >= 11 is 0. The number of H-pyrrole nitrogens is 1. The Morgan fingerprint density at radius 1 is 1.35 bits per heavy atom. The van der Waals surface area contributed by atoms with Crippen LogP contribution in [-0.2, 0) is 4.79 Å². The highest BCUT2D eigenvalue weighted by molar-refractivity contribution is 5.92. The number of aromatic amines is 1. The van der Waals surface area contributed by atoms with E-state index in [9.17, 15) is 9.59 Å². The minimum absolute atomic E-state index is 0.171. The fourth-order valence-electron chi connectivity index (χ4n) is 3.36. The number of carbonyl (C=O) groups excluding carboxylic acids is 1. The second-order valence-electron chi connectivity index (χ2n) is 7.29. The number of aromatic nitrogens is 1. The molecule has 1 aromatic carbocycles. The third kappa shape index (κ3) is 4.61. The van der Waals surface area contributed by atoms with Gasteiger partial charge in [0.1, 0.15) is 0 Å². The Morgan fingerprint density at radius 3 is 2.85 bits per heavy atom. The van der Waals surface area contributed by atoms with Crippen molar-refractivity contribution in [2.24, 2.45) is 5.92 Å². The van der Waals surface area contributed by atoms with Crippen LogP contribution in [0.5, 0.6) is 0 Å². The smallest absolute Gasteiger partial charge is 0.255 e. The molecule has 5 nitrogen and oxygen atoms in total. The van der Waals surface area contributed by atoms with Gasteiger partial charge in [-0.2, -0.15) is 0 Å². The zero-order valence-corrected chi connectivity index (χ0v) is 15.5. The number of carbonyl (C=O) groups is 1.